The number of nitrogens with zero attached hydrogens (tertiary/aromatic N) is 3. The highest BCUT2D eigenvalue weighted by Gasteiger charge is 2.24. The van der Waals surface area contributed by atoms with Crippen molar-refractivity contribution in [3.63, 3.8) is 0 Å². The van der Waals surface area contributed by atoms with Gasteiger partial charge in [0.2, 0.25) is 5.91 Å². The smallest absolute Gasteiger partial charge is 0.277 e. The van der Waals surface area contributed by atoms with Crippen molar-refractivity contribution in [2.75, 3.05) is 17.2 Å². The minimum Gasteiger partial charge on any atom is -0.484 e. The molecule has 1 atom stereocenters. The molecule has 0 bridgehead atoms. The Morgan fingerprint density at radius 2 is 2.03 bits per heavy atom. The molecule has 1 aliphatic heterocycles. The van der Waals surface area contributed by atoms with E-state index in [1.54, 1.807) is 0 Å². The van der Waals surface area contributed by atoms with E-state index in [2.05, 4.69) is 23.2 Å². The second-order valence-corrected chi connectivity index (χ2v) is 9.49. The van der Waals surface area contributed by atoms with Crippen molar-refractivity contribution in [1.29, 1.82) is 0 Å². The van der Waals surface area contributed by atoms with Crippen LogP contribution >= 0.6 is 23.5 Å². The van der Waals surface area contributed by atoms with Gasteiger partial charge in [-0.1, -0.05) is 48.5 Å². The van der Waals surface area contributed by atoms with Crippen molar-refractivity contribution >= 4 is 35.1 Å². The Labute approximate surface area is 184 Å². The topological polar surface area (TPSA) is 68.5 Å². The van der Waals surface area contributed by atoms with E-state index in [4.69, 9.17) is 9.15 Å². The zero-order valence-corrected chi connectivity index (χ0v) is 18.5. The zero-order valence-electron chi connectivity index (χ0n) is 16.9. The zero-order chi connectivity index (χ0) is 20.9. The molecule has 0 radical (unpaired) electrons. The van der Waals surface area contributed by atoms with Crippen LogP contribution in [-0.2, 0) is 11.4 Å². The quantitative estimate of drug-likeness (QED) is 0.500. The maximum atomic E-state index is 12.9. The fourth-order valence-corrected chi connectivity index (χ4v) is 4.85. The van der Waals surface area contributed by atoms with E-state index in [1.807, 2.05) is 66.1 Å². The van der Waals surface area contributed by atoms with Gasteiger partial charge >= 0.3 is 0 Å². The Morgan fingerprint density at radius 3 is 2.87 bits per heavy atom. The highest BCUT2D eigenvalue weighted by Crippen LogP contribution is 2.37. The molecule has 0 spiro atoms. The van der Waals surface area contributed by atoms with E-state index >= 15 is 0 Å². The SMILES string of the molecule is Cc1ccc(OCc2nnc(SCC(=O)N3CCC(C)Sc4ccccc43)o2)cc1. The number of hydrogen-bond acceptors (Lipinski definition) is 7. The number of hydrogen-bond donors (Lipinski definition) is 0. The third kappa shape index (κ3) is 5.17. The number of rotatable bonds is 6. The maximum absolute atomic E-state index is 12.9. The van der Waals surface area contributed by atoms with Gasteiger partial charge in [-0.15, -0.1) is 22.0 Å². The summed E-state index contributed by atoms with van der Waals surface area (Å²) in [6, 6.07) is 15.8. The summed E-state index contributed by atoms with van der Waals surface area (Å²) in [7, 11) is 0. The molecule has 30 heavy (non-hydrogen) atoms. The number of carbonyl (C=O) groups excluding carboxylic acids is 1. The third-order valence-corrected chi connectivity index (χ3v) is 6.74. The minimum absolute atomic E-state index is 0.0396. The molecule has 4 rings (SSSR count). The Kier molecular flexibility index (Phi) is 6.64. The molecule has 1 aromatic heterocycles. The molecule has 0 aliphatic carbocycles. The molecular weight excluding hydrogens is 418 g/mol. The van der Waals surface area contributed by atoms with Gasteiger partial charge in [-0.05, 0) is 37.6 Å². The number of aryl methyl sites for hydroxylation is 1. The van der Waals surface area contributed by atoms with Gasteiger partial charge in [0.1, 0.15) is 5.75 Å². The lowest BCUT2D eigenvalue weighted by atomic mass is 10.2. The van der Waals surface area contributed by atoms with Crippen LogP contribution in [0.1, 0.15) is 24.8 Å². The molecule has 0 saturated heterocycles. The molecular formula is C22H23N3O3S2. The molecule has 3 aromatic rings. The number of ether oxygens (including phenoxy) is 1. The normalized spacial score (nSPS) is 16.1. The van der Waals surface area contributed by atoms with Crippen LogP contribution in [0.25, 0.3) is 0 Å². The van der Waals surface area contributed by atoms with Crippen LogP contribution < -0.4 is 9.64 Å². The van der Waals surface area contributed by atoms with Crippen LogP contribution in [0.2, 0.25) is 0 Å². The van der Waals surface area contributed by atoms with Gasteiger partial charge in [0, 0.05) is 16.7 Å². The van der Waals surface area contributed by atoms with E-state index in [9.17, 15) is 4.79 Å². The Balaban J connectivity index is 1.34. The molecule has 1 amide bonds. The Hall–Kier alpha value is -2.45. The minimum atomic E-state index is 0.0396. The predicted molar refractivity (Wildman–Crippen MR) is 119 cm³/mol. The van der Waals surface area contributed by atoms with Crippen LogP contribution in [0.3, 0.4) is 0 Å². The summed E-state index contributed by atoms with van der Waals surface area (Å²) < 4.78 is 11.3. The summed E-state index contributed by atoms with van der Waals surface area (Å²) in [4.78, 5) is 15.9. The lowest BCUT2D eigenvalue weighted by Crippen LogP contribution is -2.33. The van der Waals surface area contributed by atoms with Crippen molar-refractivity contribution in [2.24, 2.45) is 0 Å². The summed E-state index contributed by atoms with van der Waals surface area (Å²) >= 11 is 3.08. The molecule has 0 N–H and O–H groups in total. The van der Waals surface area contributed by atoms with Crippen molar-refractivity contribution in [3.05, 3.63) is 60.0 Å². The number of anilines is 1. The van der Waals surface area contributed by atoms with E-state index < -0.39 is 0 Å². The van der Waals surface area contributed by atoms with Crippen LogP contribution in [-0.4, -0.2) is 33.7 Å². The summed E-state index contributed by atoms with van der Waals surface area (Å²) in [5.41, 5.74) is 2.15. The maximum Gasteiger partial charge on any atom is 0.277 e. The van der Waals surface area contributed by atoms with E-state index in [-0.39, 0.29) is 18.3 Å². The molecule has 0 saturated carbocycles. The molecule has 0 fully saturated rings. The summed E-state index contributed by atoms with van der Waals surface area (Å²) in [5.74, 6) is 1.41. The van der Waals surface area contributed by atoms with Gasteiger partial charge in [0.05, 0.1) is 11.4 Å². The number of fused-ring (bicyclic) bond motifs is 1. The first-order chi connectivity index (χ1) is 14.6. The fourth-order valence-electron chi connectivity index (χ4n) is 3.08. The average Bonchev–Trinajstić information content (AvgIpc) is 3.13. The van der Waals surface area contributed by atoms with Crippen LogP contribution in [0, 0.1) is 6.92 Å². The molecule has 2 aromatic carbocycles. The van der Waals surface area contributed by atoms with Gasteiger partial charge in [-0.25, -0.2) is 0 Å². The highest BCUT2D eigenvalue weighted by atomic mass is 32.2. The molecule has 156 valence electrons. The Bertz CT molecular complexity index is 1010. The van der Waals surface area contributed by atoms with E-state index in [0.29, 0.717) is 22.9 Å². The summed E-state index contributed by atoms with van der Waals surface area (Å²) in [5, 5.41) is 8.88. The number of thioether (sulfide) groups is 2. The number of para-hydroxylation sites is 1. The summed E-state index contributed by atoms with van der Waals surface area (Å²) in [6.07, 6.45) is 0.955. The second kappa shape index (κ2) is 9.57. The first kappa shape index (κ1) is 20.8. The van der Waals surface area contributed by atoms with Gasteiger partial charge in [0.25, 0.3) is 11.1 Å². The first-order valence-corrected chi connectivity index (χ1v) is 11.7. The van der Waals surface area contributed by atoms with Gasteiger partial charge in [-0.3, -0.25) is 4.79 Å². The van der Waals surface area contributed by atoms with Gasteiger partial charge < -0.3 is 14.1 Å². The van der Waals surface area contributed by atoms with Crippen molar-refractivity contribution in [3.8, 4) is 5.75 Å². The van der Waals surface area contributed by atoms with Crippen molar-refractivity contribution in [1.82, 2.24) is 10.2 Å². The lowest BCUT2D eigenvalue weighted by molar-refractivity contribution is -0.116. The highest BCUT2D eigenvalue weighted by molar-refractivity contribution is 8.00. The number of carbonyl (C=O) groups is 1. The Morgan fingerprint density at radius 1 is 1.23 bits per heavy atom. The average molecular weight is 442 g/mol. The van der Waals surface area contributed by atoms with Crippen LogP contribution in [0.5, 0.6) is 5.75 Å². The van der Waals surface area contributed by atoms with Gasteiger partial charge in [0.15, 0.2) is 6.61 Å². The second-order valence-electron chi connectivity index (χ2n) is 7.08. The standard InChI is InChI=1S/C22H23N3O3S2/c1-15-7-9-17(10-8-15)27-13-20-23-24-22(28-20)29-14-21(26)25-12-11-16(2)30-19-6-4-3-5-18(19)25/h3-10,16H,11-14H2,1-2H3. The molecule has 2 heterocycles. The molecule has 1 aliphatic rings. The van der Waals surface area contributed by atoms with E-state index in [1.165, 1.54) is 17.3 Å². The van der Waals surface area contributed by atoms with Crippen molar-refractivity contribution < 1.29 is 13.9 Å². The van der Waals surface area contributed by atoms with Crippen LogP contribution in [0.15, 0.2) is 63.1 Å². The third-order valence-electron chi connectivity index (χ3n) is 4.70. The fraction of sp³-hybridized carbons (Fsp3) is 0.318. The summed E-state index contributed by atoms with van der Waals surface area (Å²) in [6.45, 7) is 5.13. The molecule has 8 heteroatoms. The van der Waals surface area contributed by atoms with Crippen LogP contribution in [0.4, 0.5) is 5.69 Å². The largest absolute Gasteiger partial charge is 0.484 e. The lowest BCUT2D eigenvalue weighted by Gasteiger charge is -2.22. The van der Waals surface area contributed by atoms with E-state index in [0.717, 1.165) is 22.8 Å². The first-order valence-electron chi connectivity index (χ1n) is 9.79. The monoisotopic (exact) mass is 441 g/mol. The predicted octanol–water partition coefficient (Wildman–Crippen LogP) is 4.97. The number of benzene rings is 2. The number of aromatic nitrogens is 2. The number of amides is 1. The molecule has 6 nitrogen and oxygen atoms in total. The molecule has 1 unspecified atom stereocenters. The van der Waals surface area contributed by atoms with Gasteiger partial charge in [-0.2, -0.15) is 0 Å². The van der Waals surface area contributed by atoms with Crippen molar-refractivity contribution in [2.45, 2.75) is 42.2 Å².